The Kier molecular flexibility index (Phi) is 6.95. The summed E-state index contributed by atoms with van der Waals surface area (Å²) in [5.41, 5.74) is 2.13. The van der Waals surface area contributed by atoms with Gasteiger partial charge in [-0.05, 0) is 56.9 Å². The minimum absolute atomic E-state index is 0.0860. The Morgan fingerprint density at radius 2 is 1.94 bits per heavy atom. The number of hydrogen-bond donors (Lipinski definition) is 0. The summed E-state index contributed by atoms with van der Waals surface area (Å²) in [6.07, 6.45) is 4.90. The molecule has 0 bridgehead atoms. The number of hydrogen-bond acceptors (Lipinski definition) is 6. The van der Waals surface area contributed by atoms with Gasteiger partial charge in [0.2, 0.25) is 17.6 Å². The van der Waals surface area contributed by atoms with Gasteiger partial charge in [0.05, 0.1) is 12.0 Å². The summed E-state index contributed by atoms with van der Waals surface area (Å²) < 4.78 is 7.63. The third kappa shape index (κ3) is 5.15. The molecule has 2 aliphatic rings. The third-order valence-corrected chi connectivity index (χ3v) is 7.70. The first-order valence-corrected chi connectivity index (χ1v) is 13.3. The van der Waals surface area contributed by atoms with E-state index < -0.39 is 0 Å². The summed E-state index contributed by atoms with van der Waals surface area (Å²) in [5, 5.41) is 9.61. The largest absolute Gasteiger partial charge is 0.461 e. The van der Waals surface area contributed by atoms with E-state index in [2.05, 4.69) is 23.2 Å². The van der Waals surface area contributed by atoms with E-state index >= 15 is 0 Å². The van der Waals surface area contributed by atoms with Gasteiger partial charge in [0.1, 0.15) is 0 Å². The van der Waals surface area contributed by atoms with Crippen molar-refractivity contribution in [3.63, 3.8) is 0 Å². The van der Waals surface area contributed by atoms with Crippen molar-refractivity contribution >= 4 is 23.6 Å². The van der Waals surface area contributed by atoms with Crippen molar-refractivity contribution in [3.8, 4) is 17.3 Å². The molecule has 3 heterocycles. The van der Waals surface area contributed by atoms with Gasteiger partial charge >= 0.3 is 0 Å². The summed E-state index contributed by atoms with van der Waals surface area (Å²) in [6.45, 7) is 6.01. The SMILES string of the molecule is Cc1ccccc1-n1c(SCCCC(=O)N2CCN(C(=O)C3CC3)C(C)C2)nnc1-c1ccco1. The molecule has 184 valence electrons. The van der Waals surface area contributed by atoms with Gasteiger partial charge in [0.25, 0.3) is 0 Å². The second-order valence-electron chi connectivity index (χ2n) is 9.35. The van der Waals surface area contributed by atoms with E-state index in [1.807, 2.05) is 51.6 Å². The zero-order chi connectivity index (χ0) is 24.4. The lowest BCUT2D eigenvalue weighted by Gasteiger charge is -2.40. The number of amides is 2. The molecular weight excluding hydrogens is 462 g/mol. The number of carbonyl (C=O) groups excluding carboxylic acids is 2. The number of rotatable bonds is 8. The fourth-order valence-corrected chi connectivity index (χ4v) is 5.47. The normalized spacial score (nSPS) is 18.2. The summed E-state index contributed by atoms with van der Waals surface area (Å²) in [7, 11) is 0. The van der Waals surface area contributed by atoms with Gasteiger partial charge in [0.15, 0.2) is 10.9 Å². The quantitative estimate of drug-likeness (QED) is 0.346. The van der Waals surface area contributed by atoms with Crippen LogP contribution in [0.3, 0.4) is 0 Å². The highest BCUT2D eigenvalue weighted by molar-refractivity contribution is 7.99. The topological polar surface area (TPSA) is 84.5 Å². The van der Waals surface area contributed by atoms with Crippen LogP contribution in [0.5, 0.6) is 0 Å². The van der Waals surface area contributed by atoms with Crippen LogP contribution in [-0.2, 0) is 9.59 Å². The molecule has 1 aliphatic carbocycles. The summed E-state index contributed by atoms with van der Waals surface area (Å²) in [6, 6.07) is 11.9. The van der Waals surface area contributed by atoms with E-state index in [0.717, 1.165) is 41.4 Å². The Balaban J connectivity index is 1.18. The number of thioether (sulfide) groups is 1. The van der Waals surface area contributed by atoms with Gasteiger partial charge in [-0.1, -0.05) is 30.0 Å². The Hall–Kier alpha value is -3.07. The highest BCUT2D eigenvalue weighted by Gasteiger charge is 2.37. The van der Waals surface area contributed by atoms with Crippen molar-refractivity contribution in [2.24, 2.45) is 5.92 Å². The number of aryl methyl sites for hydroxylation is 1. The molecule has 0 radical (unpaired) electrons. The molecule has 2 fully saturated rings. The standard InChI is InChI=1S/C26H31N5O3S/c1-18-7-3-4-8-21(18)31-24(22-9-5-15-34-22)27-28-26(31)35-16-6-10-23(32)29-13-14-30(19(2)17-29)25(33)20-11-12-20/h3-5,7-9,15,19-20H,6,10-14,16-17H2,1-2H3. The predicted molar refractivity (Wildman–Crippen MR) is 134 cm³/mol. The van der Waals surface area contributed by atoms with Crippen LogP contribution in [0.4, 0.5) is 0 Å². The lowest BCUT2D eigenvalue weighted by atomic mass is 10.1. The first kappa shape index (κ1) is 23.7. The smallest absolute Gasteiger partial charge is 0.226 e. The molecule has 2 aromatic heterocycles. The Bertz CT molecular complexity index is 1190. The van der Waals surface area contributed by atoms with Gasteiger partial charge in [0, 0.05) is 43.8 Å². The van der Waals surface area contributed by atoms with Crippen LogP contribution in [0.15, 0.2) is 52.2 Å². The second-order valence-corrected chi connectivity index (χ2v) is 10.4. The van der Waals surface area contributed by atoms with E-state index in [9.17, 15) is 9.59 Å². The van der Waals surface area contributed by atoms with Gasteiger partial charge < -0.3 is 14.2 Å². The molecule has 1 atom stereocenters. The van der Waals surface area contributed by atoms with Crippen molar-refractivity contribution in [2.45, 2.75) is 50.7 Å². The second kappa shape index (κ2) is 10.3. The molecule has 2 amide bonds. The van der Waals surface area contributed by atoms with E-state index in [-0.39, 0.29) is 23.8 Å². The van der Waals surface area contributed by atoms with Crippen LogP contribution in [0.25, 0.3) is 17.3 Å². The third-order valence-electron chi connectivity index (χ3n) is 6.69. The summed E-state index contributed by atoms with van der Waals surface area (Å²) in [4.78, 5) is 29.1. The fraction of sp³-hybridized carbons (Fsp3) is 0.462. The molecule has 0 spiro atoms. The van der Waals surface area contributed by atoms with Crippen LogP contribution in [0.1, 0.15) is 38.2 Å². The molecule has 1 aromatic carbocycles. The fourth-order valence-electron chi connectivity index (χ4n) is 4.58. The van der Waals surface area contributed by atoms with E-state index in [1.54, 1.807) is 18.0 Å². The molecule has 1 saturated heterocycles. The molecule has 1 aliphatic heterocycles. The highest BCUT2D eigenvalue weighted by atomic mass is 32.2. The van der Waals surface area contributed by atoms with Gasteiger partial charge in [-0.15, -0.1) is 10.2 Å². The van der Waals surface area contributed by atoms with Crippen LogP contribution >= 0.6 is 11.8 Å². The minimum atomic E-state index is 0.0860. The van der Waals surface area contributed by atoms with E-state index in [1.165, 1.54) is 0 Å². The molecule has 3 aromatic rings. The van der Waals surface area contributed by atoms with Crippen molar-refractivity contribution in [1.29, 1.82) is 0 Å². The number of para-hydroxylation sites is 1. The van der Waals surface area contributed by atoms with Crippen LogP contribution in [0, 0.1) is 12.8 Å². The van der Waals surface area contributed by atoms with Crippen molar-refractivity contribution < 1.29 is 14.0 Å². The van der Waals surface area contributed by atoms with E-state index in [0.29, 0.717) is 37.6 Å². The lowest BCUT2D eigenvalue weighted by molar-refractivity contribution is -0.143. The monoisotopic (exact) mass is 493 g/mol. The minimum Gasteiger partial charge on any atom is -0.461 e. The lowest BCUT2D eigenvalue weighted by Crippen LogP contribution is -2.55. The molecule has 1 saturated carbocycles. The van der Waals surface area contributed by atoms with Crippen LogP contribution in [-0.4, -0.2) is 67.8 Å². The molecule has 1 unspecified atom stereocenters. The van der Waals surface area contributed by atoms with Crippen molar-refractivity contribution in [3.05, 3.63) is 48.2 Å². The Morgan fingerprint density at radius 1 is 1.11 bits per heavy atom. The number of piperazine rings is 1. The summed E-state index contributed by atoms with van der Waals surface area (Å²) in [5.74, 6) is 2.74. The van der Waals surface area contributed by atoms with Gasteiger partial charge in [-0.2, -0.15) is 0 Å². The maximum atomic E-state index is 12.8. The average molecular weight is 494 g/mol. The van der Waals surface area contributed by atoms with Crippen molar-refractivity contribution in [1.82, 2.24) is 24.6 Å². The molecule has 35 heavy (non-hydrogen) atoms. The van der Waals surface area contributed by atoms with Crippen LogP contribution in [0.2, 0.25) is 0 Å². The van der Waals surface area contributed by atoms with Crippen LogP contribution < -0.4 is 0 Å². The highest BCUT2D eigenvalue weighted by Crippen LogP contribution is 2.32. The van der Waals surface area contributed by atoms with Gasteiger partial charge in [-0.3, -0.25) is 14.2 Å². The number of furan rings is 1. The number of nitrogens with zero attached hydrogens (tertiary/aromatic N) is 5. The zero-order valence-corrected chi connectivity index (χ0v) is 21.0. The molecule has 8 nitrogen and oxygen atoms in total. The molecule has 9 heteroatoms. The number of benzene rings is 1. The predicted octanol–water partition coefficient (Wildman–Crippen LogP) is 4.18. The molecule has 0 N–H and O–H groups in total. The summed E-state index contributed by atoms with van der Waals surface area (Å²) >= 11 is 1.60. The van der Waals surface area contributed by atoms with Gasteiger partial charge in [-0.25, -0.2) is 0 Å². The molecular formula is C26H31N5O3S. The van der Waals surface area contributed by atoms with Crippen molar-refractivity contribution in [2.75, 3.05) is 25.4 Å². The number of carbonyl (C=O) groups is 2. The number of aromatic nitrogens is 3. The first-order valence-electron chi connectivity index (χ1n) is 12.3. The van der Waals surface area contributed by atoms with E-state index in [4.69, 9.17) is 4.42 Å². The first-order chi connectivity index (χ1) is 17.0. The zero-order valence-electron chi connectivity index (χ0n) is 20.2. The Morgan fingerprint density at radius 3 is 2.66 bits per heavy atom. The maximum absolute atomic E-state index is 12.8. The average Bonchev–Trinajstić information content (AvgIpc) is 3.40. The maximum Gasteiger partial charge on any atom is 0.226 e. The Labute approximate surface area is 209 Å². The molecule has 5 rings (SSSR count).